The van der Waals surface area contributed by atoms with Gasteiger partial charge in [-0.05, 0) is 29.2 Å². The molecule has 108 valence electrons. The Morgan fingerprint density at radius 1 is 1.10 bits per heavy atom. The lowest BCUT2D eigenvalue weighted by molar-refractivity contribution is -0.119. The lowest BCUT2D eigenvalue weighted by atomic mass is 10.0. The normalized spacial score (nSPS) is 10.2. The van der Waals surface area contributed by atoms with Crippen molar-refractivity contribution >= 4 is 32.3 Å². The maximum absolute atomic E-state index is 11.3. The van der Waals surface area contributed by atoms with E-state index in [1.54, 1.807) is 35.0 Å². The lowest BCUT2D eigenvalue weighted by Gasteiger charge is -2.06. The van der Waals surface area contributed by atoms with E-state index in [2.05, 4.69) is 10.3 Å². The van der Waals surface area contributed by atoms with Crippen molar-refractivity contribution < 1.29 is 9.59 Å². The second kappa shape index (κ2) is 7.31. The fourth-order valence-electron chi connectivity index (χ4n) is 1.93. The number of nitrogens with zero attached hydrogens (tertiary/aromatic N) is 1. The molecule has 1 N–H and O–H groups in total. The molecule has 0 spiro atoms. The Morgan fingerprint density at radius 3 is 2.38 bits per heavy atom. The number of aromatic nitrogens is 1. The van der Waals surface area contributed by atoms with E-state index in [9.17, 15) is 9.59 Å². The minimum atomic E-state index is -0.0366. The number of benzene rings is 1. The topological polar surface area (TPSA) is 59.1 Å². The molecule has 1 heterocycles. The van der Waals surface area contributed by atoms with Crippen molar-refractivity contribution in [2.45, 2.75) is 19.9 Å². The molecule has 0 fully saturated rings. The molecule has 0 saturated heterocycles. The van der Waals surface area contributed by atoms with Crippen molar-refractivity contribution in [3.8, 4) is 0 Å². The minimum absolute atomic E-state index is 0.00685. The molecule has 2 rings (SSSR count). The molecule has 0 aliphatic carbocycles. The molecule has 4 nitrogen and oxygen atoms in total. The van der Waals surface area contributed by atoms with Crippen LogP contribution in [0.4, 0.5) is 0 Å². The Labute approximate surface area is 137 Å². The van der Waals surface area contributed by atoms with Gasteiger partial charge in [0.2, 0.25) is 9.70 Å². The third-order valence-corrected chi connectivity index (χ3v) is 3.62. The van der Waals surface area contributed by atoms with Gasteiger partial charge in [0, 0.05) is 54.0 Å². The smallest absolute Gasteiger partial charge is 0.223 e. The van der Waals surface area contributed by atoms with Gasteiger partial charge >= 0.3 is 0 Å². The van der Waals surface area contributed by atoms with Gasteiger partial charge in [-0.2, -0.15) is 0 Å². The van der Waals surface area contributed by atoms with Crippen LogP contribution in [0.3, 0.4) is 0 Å². The van der Waals surface area contributed by atoms with Crippen molar-refractivity contribution in [2.75, 3.05) is 0 Å². The molecule has 1 amide bonds. The van der Waals surface area contributed by atoms with E-state index in [-0.39, 0.29) is 9.70 Å². The maximum Gasteiger partial charge on any atom is 0.223 e. The molecule has 21 heavy (non-hydrogen) atoms. The number of carbonyl (C=O) groups is 2. The zero-order valence-electron chi connectivity index (χ0n) is 11.6. The van der Waals surface area contributed by atoms with E-state index in [1.807, 2.05) is 30.3 Å². The van der Waals surface area contributed by atoms with Gasteiger partial charge < -0.3 is 5.32 Å². The zero-order chi connectivity index (χ0) is 15.2. The summed E-state index contributed by atoms with van der Waals surface area (Å²) < 4.78 is -0.00685. The maximum atomic E-state index is 11.3. The monoisotopic (exact) mass is 394 g/mol. The molecule has 0 aliphatic heterocycles. The van der Waals surface area contributed by atoms with Gasteiger partial charge in [-0.25, -0.2) is 0 Å². The van der Waals surface area contributed by atoms with Crippen molar-refractivity contribution in [3.05, 3.63) is 65.0 Å². The first-order valence-electron chi connectivity index (χ1n) is 6.50. The average Bonchev–Trinajstić information content (AvgIpc) is 2.47. The van der Waals surface area contributed by atoms with Crippen LogP contribution >= 0.6 is 22.6 Å². The van der Waals surface area contributed by atoms with E-state index >= 15 is 0 Å². The number of hydrogen-bond acceptors (Lipinski definition) is 3. The highest BCUT2D eigenvalue weighted by Gasteiger charge is 2.04. The van der Waals surface area contributed by atoms with E-state index in [4.69, 9.17) is 0 Å². The molecule has 0 bridgehead atoms. The zero-order valence-corrected chi connectivity index (χ0v) is 13.8. The van der Waals surface area contributed by atoms with Crippen LogP contribution in [-0.2, 0) is 17.8 Å². The number of carbonyl (C=O) groups excluding carboxylic acids is 2. The molecule has 0 unspecified atom stereocenters. The van der Waals surface area contributed by atoms with Crippen molar-refractivity contribution in [3.63, 3.8) is 0 Å². The summed E-state index contributed by atoms with van der Waals surface area (Å²) in [5.41, 5.74) is 3.83. The molecular weight excluding hydrogens is 379 g/mol. The van der Waals surface area contributed by atoms with Gasteiger partial charge in [-0.3, -0.25) is 14.6 Å². The average molecular weight is 394 g/mol. The highest BCUT2D eigenvalue weighted by atomic mass is 127. The predicted molar refractivity (Wildman–Crippen MR) is 89.4 cm³/mol. The molecule has 0 aliphatic rings. The summed E-state index contributed by atoms with van der Waals surface area (Å²) in [5.74, 6) is -0.0366. The van der Waals surface area contributed by atoms with Gasteiger partial charge in [0.15, 0.2) is 0 Å². The molecule has 0 radical (unpaired) electrons. The van der Waals surface area contributed by atoms with Gasteiger partial charge in [-0.15, -0.1) is 0 Å². The van der Waals surface area contributed by atoms with Crippen LogP contribution in [-0.4, -0.2) is 14.7 Å². The Hall–Kier alpha value is -1.76. The van der Waals surface area contributed by atoms with Gasteiger partial charge in [-0.1, -0.05) is 24.3 Å². The summed E-state index contributed by atoms with van der Waals surface area (Å²) in [4.78, 5) is 26.3. The van der Waals surface area contributed by atoms with Crippen LogP contribution in [0.1, 0.15) is 34.0 Å². The number of halogens is 1. The SMILES string of the molecule is CC(=O)NCc1ccc(Cc2cncc(C(=O)I)c2)cc1. The number of pyridine rings is 1. The molecule has 5 heteroatoms. The molecule has 0 atom stereocenters. The number of nitrogens with one attached hydrogen (secondary N) is 1. The number of rotatable bonds is 5. The van der Waals surface area contributed by atoms with Crippen LogP contribution in [0.2, 0.25) is 0 Å². The van der Waals surface area contributed by atoms with Gasteiger partial charge in [0.05, 0.1) is 0 Å². The Morgan fingerprint density at radius 2 is 1.76 bits per heavy atom. The third-order valence-electron chi connectivity index (χ3n) is 2.99. The first-order chi connectivity index (χ1) is 10.0. The number of hydrogen-bond donors (Lipinski definition) is 1. The van der Waals surface area contributed by atoms with Crippen molar-refractivity contribution in [1.29, 1.82) is 0 Å². The quantitative estimate of drug-likeness (QED) is 0.627. The molecular formula is C16H15IN2O2. The van der Waals surface area contributed by atoms with Gasteiger partial charge in [0.25, 0.3) is 0 Å². The first-order valence-corrected chi connectivity index (χ1v) is 7.58. The standard InChI is InChI=1S/C16H15IN2O2/c1-11(20)19-9-13-4-2-12(3-5-13)6-14-7-15(16(17)21)10-18-8-14/h2-5,7-8,10H,6,9H2,1H3,(H,19,20). The Kier molecular flexibility index (Phi) is 5.44. The fourth-order valence-corrected chi connectivity index (χ4v) is 2.22. The highest BCUT2D eigenvalue weighted by Crippen LogP contribution is 2.13. The van der Waals surface area contributed by atoms with Crippen LogP contribution in [0.5, 0.6) is 0 Å². The van der Waals surface area contributed by atoms with Crippen LogP contribution < -0.4 is 5.32 Å². The number of amides is 1. The van der Waals surface area contributed by atoms with Crippen LogP contribution in [0.15, 0.2) is 42.7 Å². The third kappa shape index (κ3) is 4.93. The molecule has 0 saturated carbocycles. The Bertz CT molecular complexity index is 654. The second-order valence-corrected chi connectivity index (χ2v) is 5.74. The van der Waals surface area contributed by atoms with Crippen LogP contribution in [0, 0.1) is 0 Å². The van der Waals surface area contributed by atoms with Gasteiger partial charge in [0.1, 0.15) is 0 Å². The molecule has 1 aromatic heterocycles. The molecule has 2 aromatic rings. The largest absolute Gasteiger partial charge is 0.352 e. The predicted octanol–water partition coefficient (Wildman–Crippen LogP) is 2.88. The summed E-state index contributed by atoms with van der Waals surface area (Å²) >= 11 is 1.76. The summed E-state index contributed by atoms with van der Waals surface area (Å²) in [7, 11) is 0. The molecule has 1 aromatic carbocycles. The lowest BCUT2D eigenvalue weighted by Crippen LogP contribution is -2.18. The van der Waals surface area contributed by atoms with E-state index < -0.39 is 0 Å². The summed E-state index contributed by atoms with van der Waals surface area (Å²) in [5, 5.41) is 2.76. The van der Waals surface area contributed by atoms with E-state index in [0.717, 1.165) is 23.1 Å². The highest BCUT2D eigenvalue weighted by molar-refractivity contribution is 14.1. The summed E-state index contributed by atoms with van der Waals surface area (Å²) in [6.07, 6.45) is 4.08. The first kappa shape index (κ1) is 15.6. The van der Waals surface area contributed by atoms with Crippen LogP contribution in [0.25, 0.3) is 0 Å². The summed E-state index contributed by atoms with van der Waals surface area (Å²) in [6.45, 7) is 2.04. The van der Waals surface area contributed by atoms with Crippen molar-refractivity contribution in [2.24, 2.45) is 0 Å². The summed E-state index contributed by atoms with van der Waals surface area (Å²) in [6, 6.07) is 9.90. The fraction of sp³-hybridized carbons (Fsp3) is 0.188. The van der Waals surface area contributed by atoms with Crippen molar-refractivity contribution in [1.82, 2.24) is 10.3 Å². The Balaban J connectivity index is 2.04. The van der Waals surface area contributed by atoms with E-state index in [1.165, 1.54) is 6.92 Å². The minimum Gasteiger partial charge on any atom is -0.352 e. The second-order valence-electron chi connectivity index (χ2n) is 4.76. The van der Waals surface area contributed by atoms with E-state index in [0.29, 0.717) is 12.1 Å².